The topological polar surface area (TPSA) is 44.2 Å². The van der Waals surface area contributed by atoms with Crippen LogP contribution in [0, 0.1) is 0 Å². The molecule has 0 spiro atoms. The van der Waals surface area contributed by atoms with Crippen LogP contribution in [0.4, 0.5) is 0 Å². The molecule has 2 heterocycles. The second kappa shape index (κ2) is 12.3. The second-order valence-electron chi connectivity index (χ2n) is 8.24. The maximum atomic E-state index is 5.15. The van der Waals surface area contributed by atoms with Gasteiger partial charge >= 0.3 is 0 Å². The zero-order chi connectivity index (χ0) is 24.7. The quantitative estimate of drug-likeness (QED) is 0.193. The molecule has 1 radical (unpaired) electrons. The van der Waals surface area contributed by atoms with E-state index in [1.807, 2.05) is 97.1 Å². The molecule has 37 heavy (non-hydrogen) atoms. The Morgan fingerprint density at radius 3 is 1.19 bits per heavy atom. The van der Waals surface area contributed by atoms with E-state index >= 15 is 0 Å². The monoisotopic (exact) mass is 663 g/mol. The van der Waals surface area contributed by atoms with E-state index in [4.69, 9.17) is 9.47 Å². The molecule has 2 aromatic heterocycles. The molecule has 0 N–H and O–H groups in total. The van der Waals surface area contributed by atoms with Crippen molar-refractivity contribution in [2.24, 2.45) is 0 Å². The van der Waals surface area contributed by atoms with Gasteiger partial charge in [-0.25, -0.2) is 9.97 Å². The van der Waals surface area contributed by atoms with Gasteiger partial charge in [-0.05, 0) is 72.8 Å². The van der Waals surface area contributed by atoms with Crippen molar-refractivity contribution in [3.05, 3.63) is 121 Å². The van der Waals surface area contributed by atoms with E-state index in [9.17, 15) is 0 Å². The van der Waals surface area contributed by atoms with Crippen molar-refractivity contribution in [3.8, 4) is 34.0 Å². The first kappa shape index (κ1) is 26.0. The Hall–Kier alpha value is -4.05. The summed E-state index contributed by atoms with van der Waals surface area (Å²) in [7, 11) is 3.34. The molecule has 4 aromatic carbocycles. The van der Waals surface area contributed by atoms with Gasteiger partial charge in [-0.1, -0.05) is 48.5 Å². The average Bonchev–Trinajstić information content (AvgIpc) is 2.97. The zero-order valence-electron chi connectivity index (χ0n) is 20.6. The van der Waals surface area contributed by atoms with E-state index in [0.29, 0.717) is 0 Å². The SMILES string of the molecule is COc1ccc(-c2ccc3ccccc3n2)cc1.COc1ccc(-c2ccc3ccccc3n2)cc1.[Ir]. The maximum Gasteiger partial charge on any atom is 0.118 e. The van der Waals surface area contributed by atoms with Gasteiger partial charge in [0.25, 0.3) is 0 Å². The third-order valence-corrected chi connectivity index (χ3v) is 5.97. The molecule has 4 nitrogen and oxygen atoms in total. The summed E-state index contributed by atoms with van der Waals surface area (Å²) in [5.41, 5.74) is 6.20. The molecule has 0 unspecified atom stereocenters. The molecule has 0 atom stereocenters. The van der Waals surface area contributed by atoms with Crippen LogP contribution < -0.4 is 9.47 Å². The first-order valence-electron chi connectivity index (χ1n) is 11.7. The molecule has 5 heteroatoms. The second-order valence-corrected chi connectivity index (χ2v) is 8.24. The molecule has 0 bridgehead atoms. The Kier molecular flexibility index (Phi) is 8.63. The van der Waals surface area contributed by atoms with Gasteiger partial charge in [-0.3, -0.25) is 0 Å². The summed E-state index contributed by atoms with van der Waals surface area (Å²) in [6.07, 6.45) is 0. The first-order chi connectivity index (χ1) is 17.7. The van der Waals surface area contributed by atoms with Crippen molar-refractivity contribution < 1.29 is 29.6 Å². The normalized spacial score (nSPS) is 10.2. The summed E-state index contributed by atoms with van der Waals surface area (Å²) < 4.78 is 10.3. The number of nitrogens with zero attached hydrogens (tertiary/aromatic N) is 2. The van der Waals surface area contributed by atoms with Gasteiger partial charge in [0.05, 0.1) is 36.6 Å². The number of pyridine rings is 2. The van der Waals surface area contributed by atoms with Gasteiger partial charge in [0.15, 0.2) is 0 Å². The van der Waals surface area contributed by atoms with Crippen LogP contribution in [0.15, 0.2) is 121 Å². The van der Waals surface area contributed by atoms with Crippen molar-refractivity contribution >= 4 is 21.8 Å². The number of ether oxygens (including phenoxy) is 2. The first-order valence-corrected chi connectivity index (χ1v) is 11.7. The van der Waals surface area contributed by atoms with Crippen molar-refractivity contribution in [3.63, 3.8) is 0 Å². The van der Waals surface area contributed by atoms with Crippen LogP contribution in [-0.4, -0.2) is 24.2 Å². The predicted octanol–water partition coefficient (Wildman–Crippen LogP) is 7.82. The third kappa shape index (κ3) is 6.21. The maximum absolute atomic E-state index is 5.15. The van der Waals surface area contributed by atoms with Crippen LogP contribution in [0.1, 0.15) is 0 Å². The van der Waals surface area contributed by atoms with Crippen LogP contribution >= 0.6 is 0 Å². The number of benzene rings is 4. The molecule has 185 valence electrons. The molecule has 6 aromatic rings. The van der Waals surface area contributed by atoms with E-state index in [1.54, 1.807) is 14.2 Å². The minimum absolute atomic E-state index is 0. The number of hydrogen-bond acceptors (Lipinski definition) is 4. The van der Waals surface area contributed by atoms with Crippen molar-refractivity contribution in [2.75, 3.05) is 14.2 Å². The van der Waals surface area contributed by atoms with Crippen molar-refractivity contribution in [2.45, 2.75) is 0 Å². The molecular weight excluding hydrogens is 637 g/mol. The number of rotatable bonds is 4. The van der Waals surface area contributed by atoms with Crippen LogP contribution in [0.5, 0.6) is 11.5 Å². The Morgan fingerprint density at radius 2 is 0.811 bits per heavy atom. The van der Waals surface area contributed by atoms with E-state index < -0.39 is 0 Å². The van der Waals surface area contributed by atoms with Gasteiger partial charge in [0, 0.05) is 42.0 Å². The molecule has 0 aliphatic heterocycles. The fourth-order valence-corrected chi connectivity index (χ4v) is 3.98. The summed E-state index contributed by atoms with van der Waals surface area (Å²) in [5, 5.41) is 2.32. The molecular formula is C32H26IrN2O2. The molecule has 6 rings (SSSR count). The van der Waals surface area contributed by atoms with E-state index in [1.165, 1.54) is 0 Å². The number of para-hydroxylation sites is 2. The molecule has 0 fully saturated rings. The van der Waals surface area contributed by atoms with Crippen molar-refractivity contribution in [1.29, 1.82) is 0 Å². The summed E-state index contributed by atoms with van der Waals surface area (Å²) in [5.74, 6) is 1.72. The predicted molar refractivity (Wildman–Crippen MR) is 147 cm³/mol. The van der Waals surface area contributed by atoms with Gasteiger partial charge in [-0.15, -0.1) is 0 Å². The fourth-order valence-electron chi connectivity index (χ4n) is 3.98. The number of methoxy groups -OCH3 is 2. The van der Waals surface area contributed by atoms with Gasteiger partial charge in [-0.2, -0.15) is 0 Å². The smallest absolute Gasteiger partial charge is 0.118 e. The standard InChI is InChI=1S/2C16H13NO.Ir/c2*1-18-14-9-6-13(7-10-14)16-11-8-12-4-2-3-5-15(12)17-16;/h2*2-11H,1H3;. The van der Waals surface area contributed by atoms with Crippen LogP contribution in [-0.2, 0) is 20.1 Å². The molecule has 0 aliphatic carbocycles. The molecule has 0 saturated heterocycles. The van der Waals surface area contributed by atoms with Gasteiger partial charge in [0.1, 0.15) is 11.5 Å². The summed E-state index contributed by atoms with van der Waals surface area (Å²) in [6, 6.07) is 40.5. The van der Waals surface area contributed by atoms with Gasteiger partial charge < -0.3 is 9.47 Å². The van der Waals surface area contributed by atoms with E-state index in [0.717, 1.165) is 55.8 Å². The molecule has 0 amide bonds. The summed E-state index contributed by atoms with van der Waals surface area (Å²) in [4.78, 5) is 9.32. The largest absolute Gasteiger partial charge is 0.497 e. The third-order valence-electron chi connectivity index (χ3n) is 5.97. The van der Waals surface area contributed by atoms with Crippen LogP contribution in [0.2, 0.25) is 0 Å². The average molecular weight is 663 g/mol. The Morgan fingerprint density at radius 1 is 0.432 bits per heavy atom. The Bertz CT molecular complexity index is 1480. The summed E-state index contributed by atoms with van der Waals surface area (Å²) in [6.45, 7) is 0. The van der Waals surface area contributed by atoms with Crippen LogP contribution in [0.25, 0.3) is 44.3 Å². The van der Waals surface area contributed by atoms with Crippen LogP contribution in [0.3, 0.4) is 0 Å². The van der Waals surface area contributed by atoms with Gasteiger partial charge in [0.2, 0.25) is 0 Å². The number of aromatic nitrogens is 2. The van der Waals surface area contributed by atoms with Crippen molar-refractivity contribution in [1.82, 2.24) is 9.97 Å². The Balaban J connectivity index is 0.000000168. The minimum Gasteiger partial charge on any atom is -0.497 e. The molecule has 0 saturated carbocycles. The zero-order valence-corrected chi connectivity index (χ0v) is 23.0. The van der Waals surface area contributed by atoms with E-state index in [2.05, 4.69) is 34.2 Å². The summed E-state index contributed by atoms with van der Waals surface area (Å²) >= 11 is 0. The van der Waals surface area contributed by atoms with E-state index in [-0.39, 0.29) is 20.1 Å². The minimum atomic E-state index is 0. The number of fused-ring (bicyclic) bond motifs is 2. The fraction of sp³-hybridized carbons (Fsp3) is 0.0625. The Labute approximate surface area is 230 Å². The number of hydrogen-bond donors (Lipinski definition) is 0. The molecule has 0 aliphatic rings.